The second kappa shape index (κ2) is 10.9. The summed E-state index contributed by atoms with van der Waals surface area (Å²) in [5.41, 5.74) is 0.512. The minimum Gasteiger partial charge on any atom is -0.494 e. The smallest absolute Gasteiger partial charge is 0.251 e. The molecule has 2 rings (SSSR count). The van der Waals surface area contributed by atoms with Crippen LogP contribution in [0.1, 0.15) is 31.1 Å². The van der Waals surface area contributed by atoms with Crippen molar-refractivity contribution in [3.63, 3.8) is 0 Å². The van der Waals surface area contributed by atoms with Crippen LogP contribution in [-0.2, 0) is 4.79 Å². The third-order valence-corrected chi connectivity index (χ3v) is 4.60. The average molecular weight is 377 g/mol. The van der Waals surface area contributed by atoms with Crippen LogP contribution < -0.4 is 20.7 Å². The Labute approximate surface area is 161 Å². The van der Waals surface area contributed by atoms with Gasteiger partial charge in [-0.25, -0.2) is 0 Å². The van der Waals surface area contributed by atoms with E-state index in [0.717, 1.165) is 38.5 Å². The molecule has 0 bridgehead atoms. The first kappa shape index (κ1) is 21.2. The van der Waals surface area contributed by atoms with E-state index in [0.29, 0.717) is 18.7 Å². The maximum atomic E-state index is 12.6. The summed E-state index contributed by atoms with van der Waals surface area (Å²) in [4.78, 5) is 27.4. The molecule has 0 aromatic heterocycles. The number of ether oxygens (including phenoxy) is 1. The van der Waals surface area contributed by atoms with E-state index in [1.165, 1.54) is 0 Å². The molecule has 3 N–H and O–H groups in total. The Kier molecular flexibility index (Phi) is 8.54. The maximum absolute atomic E-state index is 12.6. The number of piperazine rings is 1. The van der Waals surface area contributed by atoms with Crippen molar-refractivity contribution >= 4 is 11.8 Å². The Balaban J connectivity index is 1.85. The molecule has 1 aromatic carbocycles. The summed E-state index contributed by atoms with van der Waals surface area (Å²) < 4.78 is 5.39. The van der Waals surface area contributed by atoms with Gasteiger partial charge in [0.15, 0.2) is 0 Å². The molecular weight excluding hydrogens is 344 g/mol. The van der Waals surface area contributed by atoms with Gasteiger partial charge in [-0.3, -0.25) is 14.5 Å². The van der Waals surface area contributed by atoms with Crippen molar-refractivity contribution in [3.05, 3.63) is 29.8 Å². The molecule has 7 nitrogen and oxygen atoms in total. The molecule has 1 atom stereocenters. The fraction of sp³-hybridized carbons (Fsp3) is 0.600. The van der Waals surface area contributed by atoms with Gasteiger partial charge in [-0.1, -0.05) is 13.8 Å². The number of hydrogen-bond donors (Lipinski definition) is 3. The Morgan fingerprint density at radius 2 is 1.85 bits per heavy atom. The number of amides is 2. The highest BCUT2D eigenvalue weighted by atomic mass is 16.5. The summed E-state index contributed by atoms with van der Waals surface area (Å²) in [5, 5.41) is 9.13. The molecule has 1 fully saturated rings. The molecule has 1 aliphatic rings. The zero-order valence-corrected chi connectivity index (χ0v) is 16.6. The molecule has 7 heteroatoms. The highest BCUT2D eigenvalue weighted by Crippen LogP contribution is 2.13. The Morgan fingerprint density at radius 1 is 1.19 bits per heavy atom. The number of nitrogens with zero attached hydrogens (tertiary/aromatic N) is 1. The van der Waals surface area contributed by atoms with Crippen LogP contribution >= 0.6 is 0 Å². The van der Waals surface area contributed by atoms with Crippen LogP contribution in [-0.4, -0.2) is 68.6 Å². The normalized spacial score (nSPS) is 16.0. The van der Waals surface area contributed by atoms with E-state index in [-0.39, 0.29) is 17.7 Å². The number of carbonyl (C=O) groups excluding carboxylic acids is 2. The number of nitrogens with one attached hydrogen (secondary N) is 3. The molecule has 27 heavy (non-hydrogen) atoms. The molecule has 0 radical (unpaired) electrons. The predicted octanol–water partition coefficient (Wildman–Crippen LogP) is 0.861. The highest BCUT2D eigenvalue weighted by molar-refractivity contribution is 5.97. The van der Waals surface area contributed by atoms with E-state index >= 15 is 0 Å². The van der Waals surface area contributed by atoms with Gasteiger partial charge in [-0.2, -0.15) is 0 Å². The highest BCUT2D eigenvalue weighted by Gasteiger charge is 2.24. The molecule has 0 saturated carbocycles. The zero-order valence-electron chi connectivity index (χ0n) is 16.6. The van der Waals surface area contributed by atoms with E-state index in [2.05, 4.69) is 20.9 Å². The largest absolute Gasteiger partial charge is 0.494 e. The second-order valence-electron chi connectivity index (χ2n) is 7.04. The molecule has 0 aliphatic carbocycles. The maximum Gasteiger partial charge on any atom is 0.251 e. The van der Waals surface area contributed by atoms with E-state index in [1.54, 1.807) is 24.3 Å². The standard InChI is InChI=1S/C20H32N4O3/c1-4-27-17-7-5-16(6-8-17)19(25)23-18(15(2)3)20(26)22-11-14-24-12-9-21-10-13-24/h5-8,15,18,21H,4,9-14H2,1-3H3,(H,22,26)(H,23,25). The van der Waals surface area contributed by atoms with Gasteiger partial charge in [0.2, 0.25) is 5.91 Å². The van der Waals surface area contributed by atoms with Crippen molar-refractivity contribution < 1.29 is 14.3 Å². The lowest BCUT2D eigenvalue weighted by atomic mass is 10.0. The first-order valence-electron chi connectivity index (χ1n) is 9.75. The van der Waals surface area contributed by atoms with E-state index < -0.39 is 6.04 Å². The molecule has 1 saturated heterocycles. The van der Waals surface area contributed by atoms with Gasteiger partial charge in [0.05, 0.1) is 6.61 Å². The summed E-state index contributed by atoms with van der Waals surface area (Å²) in [5.74, 6) is 0.323. The van der Waals surface area contributed by atoms with Gasteiger partial charge in [-0.15, -0.1) is 0 Å². The lowest BCUT2D eigenvalue weighted by Crippen LogP contribution is -2.52. The molecular formula is C20H32N4O3. The lowest BCUT2D eigenvalue weighted by Gasteiger charge is -2.28. The number of benzene rings is 1. The topological polar surface area (TPSA) is 82.7 Å². The first-order chi connectivity index (χ1) is 13.0. The number of hydrogen-bond acceptors (Lipinski definition) is 5. The molecule has 1 aliphatic heterocycles. The molecule has 1 heterocycles. The second-order valence-corrected chi connectivity index (χ2v) is 7.04. The number of rotatable bonds is 9. The zero-order chi connectivity index (χ0) is 19.6. The Hall–Kier alpha value is -2.12. The van der Waals surface area contributed by atoms with Gasteiger partial charge < -0.3 is 20.7 Å². The van der Waals surface area contributed by atoms with Crippen LogP contribution in [0.5, 0.6) is 5.75 Å². The number of carbonyl (C=O) groups is 2. The van der Waals surface area contributed by atoms with Gasteiger partial charge in [-0.05, 0) is 37.1 Å². The summed E-state index contributed by atoms with van der Waals surface area (Å²) in [6.45, 7) is 11.7. The van der Waals surface area contributed by atoms with E-state index in [1.807, 2.05) is 20.8 Å². The molecule has 150 valence electrons. The van der Waals surface area contributed by atoms with Crippen LogP contribution in [0.2, 0.25) is 0 Å². The van der Waals surface area contributed by atoms with Crippen molar-refractivity contribution in [1.82, 2.24) is 20.9 Å². The van der Waals surface area contributed by atoms with Crippen LogP contribution in [0.3, 0.4) is 0 Å². The third kappa shape index (κ3) is 6.84. The van der Waals surface area contributed by atoms with Crippen LogP contribution in [0.25, 0.3) is 0 Å². The Morgan fingerprint density at radius 3 is 2.44 bits per heavy atom. The van der Waals surface area contributed by atoms with Crippen molar-refractivity contribution in [2.75, 3.05) is 45.9 Å². The fourth-order valence-corrected chi connectivity index (χ4v) is 3.01. The predicted molar refractivity (Wildman–Crippen MR) is 106 cm³/mol. The summed E-state index contributed by atoms with van der Waals surface area (Å²) in [6, 6.07) is 6.37. The summed E-state index contributed by atoms with van der Waals surface area (Å²) in [6.07, 6.45) is 0. The minimum absolute atomic E-state index is 0.00386. The molecule has 0 spiro atoms. The van der Waals surface area contributed by atoms with Crippen LogP contribution in [0.4, 0.5) is 0 Å². The fourth-order valence-electron chi connectivity index (χ4n) is 3.01. The van der Waals surface area contributed by atoms with Crippen molar-refractivity contribution in [1.29, 1.82) is 0 Å². The van der Waals surface area contributed by atoms with Gasteiger partial charge in [0.1, 0.15) is 11.8 Å². The van der Waals surface area contributed by atoms with Crippen molar-refractivity contribution in [2.24, 2.45) is 5.92 Å². The monoisotopic (exact) mass is 376 g/mol. The molecule has 1 unspecified atom stereocenters. The van der Waals surface area contributed by atoms with Gasteiger partial charge in [0, 0.05) is 44.8 Å². The van der Waals surface area contributed by atoms with Crippen molar-refractivity contribution in [2.45, 2.75) is 26.8 Å². The average Bonchev–Trinajstić information content (AvgIpc) is 2.67. The van der Waals surface area contributed by atoms with Gasteiger partial charge in [0.25, 0.3) is 5.91 Å². The summed E-state index contributed by atoms with van der Waals surface area (Å²) >= 11 is 0. The van der Waals surface area contributed by atoms with E-state index in [9.17, 15) is 9.59 Å². The molecule has 2 amide bonds. The Bertz CT molecular complexity index is 598. The molecule has 1 aromatic rings. The first-order valence-corrected chi connectivity index (χ1v) is 9.75. The van der Waals surface area contributed by atoms with E-state index in [4.69, 9.17) is 4.74 Å². The quantitative estimate of drug-likeness (QED) is 0.596. The summed E-state index contributed by atoms with van der Waals surface area (Å²) in [7, 11) is 0. The minimum atomic E-state index is -0.563. The third-order valence-electron chi connectivity index (χ3n) is 4.60. The van der Waals surface area contributed by atoms with Gasteiger partial charge >= 0.3 is 0 Å². The van der Waals surface area contributed by atoms with Crippen LogP contribution in [0, 0.1) is 5.92 Å². The lowest BCUT2D eigenvalue weighted by molar-refractivity contribution is -0.124. The SMILES string of the molecule is CCOc1ccc(C(=O)NC(C(=O)NCCN2CCNCC2)C(C)C)cc1. The van der Waals surface area contributed by atoms with Crippen molar-refractivity contribution in [3.8, 4) is 5.75 Å². The van der Waals surface area contributed by atoms with Crippen LogP contribution in [0.15, 0.2) is 24.3 Å².